The Bertz CT molecular complexity index is 743. The van der Waals surface area contributed by atoms with Gasteiger partial charge in [-0.1, -0.05) is 60.7 Å². The van der Waals surface area contributed by atoms with Gasteiger partial charge in [0.2, 0.25) is 0 Å². The Balaban J connectivity index is 2.20. The summed E-state index contributed by atoms with van der Waals surface area (Å²) in [6.45, 7) is 20.1. The molecule has 0 fully saturated rings. The van der Waals surface area contributed by atoms with E-state index in [1.54, 1.807) is 0 Å². The smallest absolute Gasteiger partial charge is 0.123 e. The van der Waals surface area contributed by atoms with Crippen molar-refractivity contribution in [3.63, 3.8) is 0 Å². The Morgan fingerprint density at radius 1 is 0.692 bits per heavy atom. The molecule has 0 aliphatic heterocycles. The van der Waals surface area contributed by atoms with Crippen LogP contribution in [0.1, 0.15) is 63.8 Å². The van der Waals surface area contributed by atoms with Gasteiger partial charge >= 0.3 is 0 Å². The van der Waals surface area contributed by atoms with Gasteiger partial charge in [0.05, 0.1) is 0 Å². The lowest BCUT2D eigenvalue weighted by atomic mass is 9.94. The lowest BCUT2D eigenvalue weighted by molar-refractivity contribution is -0.410. The average molecular weight is 351 g/mol. The second-order valence-electron chi connectivity index (χ2n) is 7.91. The van der Waals surface area contributed by atoms with Gasteiger partial charge < -0.3 is 0 Å². The molecule has 0 bridgehead atoms. The molecular weight excluding hydrogens is 320 g/mol. The lowest BCUT2D eigenvalue weighted by Crippen LogP contribution is -2.29. The maximum atomic E-state index is 5.92. The molecule has 26 heavy (non-hydrogen) atoms. The topological polar surface area (TPSA) is 18.5 Å². The third-order valence-electron chi connectivity index (χ3n) is 4.56. The first-order valence-electron chi connectivity index (χ1n) is 8.92. The van der Waals surface area contributed by atoms with Gasteiger partial charge in [0.25, 0.3) is 0 Å². The van der Waals surface area contributed by atoms with Crippen LogP contribution in [-0.2, 0) is 21.0 Å². The fourth-order valence-corrected chi connectivity index (χ4v) is 2.62. The SMILES string of the molecule is C=C(C)c1cccc(C(C)(C)OOC(C)(C)c2cccc(C(=C)C)c2)c1. The number of hydrogen-bond donors (Lipinski definition) is 0. The van der Waals surface area contributed by atoms with Crippen molar-refractivity contribution < 1.29 is 9.78 Å². The van der Waals surface area contributed by atoms with E-state index >= 15 is 0 Å². The van der Waals surface area contributed by atoms with Crippen LogP contribution in [0.3, 0.4) is 0 Å². The van der Waals surface area contributed by atoms with E-state index in [-0.39, 0.29) is 0 Å². The zero-order chi connectivity index (χ0) is 19.5. The molecule has 0 saturated carbocycles. The Kier molecular flexibility index (Phi) is 5.90. The van der Waals surface area contributed by atoms with Gasteiger partial charge in [-0.15, -0.1) is 0 Å². The van der Waals surface area contributed by atoms with E-state index in [0.717, 1.165) is 33.4 Å². The normalized spacial score (nSPS) is 12.1. The second-order valence-corrected chi connectivity index (χ2v) is 7.91. The Morgan fingerprint density at radius 2 is 1.04 bits per heavy atom. The highest BCUT2D eigenvalue weighted by Crippen LogP contribution is 2.33. The van der Waals surface area contributed by atoms with Crippen LogP contribution >= 0.6 is 0 Å². The molecule has 0 aliphatic carbocycles. The third kappa shape index (κ3) is 4.72. The molecule has 0 saturated heterocycles. The Hall–Kier alpha value is -2.16. The zero-order valence-corrected chi connectivity index (χ0v) is 16.8. The van der Waals surface area contributed by atoms with Crippen molar-refractivity contribution in [2.75, 3.05) is 0 Å². The highest BCUT2D eigenvalue weighted by molar-refractivity contribution is 5.62. The molecule has 2 nitrogen and oxygen atoms in total. The van der Waals surface area contributed by atoms with Crippen LogP contribution in [0.4, 0.5) is 0 Å². The third-order valence-corrected chi connectivity index (χ3v) is 4.56. The molecule has 0 N–H and O–H groups in total. The number of benzene rings is 2. The second kappa shape index (κ2) is 7.61. The van der Waals surface area contributed by atoms with E-state index in [1.165, 1.54) is 0 Å². The van der Waals surface area contributed by atoms with Crippen LogP contribution in [-0.4, -0.2) is 0 Å². The molecule has 0 amide bonds. The van der Waals surface area contributed by atoms with E-state index in [4.69, 9.17) is 9.78 Å². The number of rotatable bonds is 7. The van der Waals surface area contributed by atoms with Crippen LogP contribution in [0.5, 0.6) is 0 Å². The van der Waals surface area contributed by atoms with Gasteiger partial charge in [0, 0.05) is 0 Å². The van der Waals surface area contributed by atoms with Crippen LogP contribution in [0.15, 0.2) is 61.7 Å². The fourth-order valence-electron chi connectivity index (χ4n) is 2.62. The molecule has 0 heterocycles. The average Bonchev–Trinajstić information content (AvgIpc) is 2.60. The van der Waals surface area contributed by atoms with Gasteiger partial charge in [0.15, 0.2) is 0 Å². The Labute approximate surface area is 158 Å². The highest BCUT2D eigenvalue weighted by Gasteiger charge is 2.30. The van der Waals surface area contributed by atoms with Crippen LogP contribution < -0.4 is 0 Å². The summed E-state index contributed by atoms with van der Waals surface area (Å²) >= 11 is 0. The van der Waals surface area contributed by atoms with E-state index in [2.05, 4.69) is 37.4 Å². The lowest BCUT2D eigenvalue weighted by Gasteiger charge is -2.31. The molecule has 0 radical (unpaired) electrons. The van der Waals surface area contributed by atoms with E-state index in [9.17, 15) is 0 Å². The molecule has 0 aromatic heterocycles. The summed E-state index contributed by atoms with van der Waals surface area (Å²) < 4.78 is 0. The summed E-state index contributed by atoms with van der Waals surface area (Å²) in [6.07, 6.45) is 0. The quantitative estimate of drug-likeness (QED) is 0.400. The molecule has 0 spiro atoms. The summed E-state index contributed by atoms with van der Waals surface area (Å²) in [4.78, 5) is 11.8. The first-order valence-corrected chi connectivity index (χ1v) is 8.92. The molecule has 0 aliphatic rings. The van der Waals surface area contributed by atoms with E-state index in [0.29, 0.717) is 0 Å². The van der Waals surface area contributed by atoms with Crippen LogP contribution in [0.2, 0.25) is 0 Å². The summed E-state index contributed by atoms with van der Waals surface area (Å²) in [6, 6.07) is 16.4. The van der Waals surface area contributed by atoms with Crippen LogP contribution in [0, 0.1) is 0 Å². The molecule has 2 aromatic carbocycles. The van der Waals surface area contributed by atoms with Crippen molar-refractivity contribution in [1.82, 2.24) is 0 Å². The monoisotopic (exact) mass is 350 g/mol. The van der Waals surface area contributed by atoms with Gasteiger partial charge in [-0.3, -0.25) is 0 Å². The molecule has 0 unspecified atom stereocenters. The zero-order valence-electron chi connectivity index (χ0n) is 16.8. The van der Waals surface area contributed by atoms with Gasteiger partial charge in [-0.05, 0) is 75.9 Å². The number of allylic oxidation sites excluding steroid dienone is 2. The van der Waals surface area contributed by atoms with Crippen molar-refractivity contribution in [3.8, 4) is 0 Å². The molecule has 2 rings (SSSR count). The standard InChI is InChI=1S/C24H30O2/c1-17(2)19-11-9-13-21(15-19)23(5,6)25-26-24(7,8)22-14-10-12-20(16-22)18(3)4/h9-16H,1,3H2,2,4-8H3. The predicted molar refractivity (Wildman–Crippen MR) is 111 cm³/mol. The summed E-state index contributed by atoms with van der Waals surface area (Å²) in [5.74, 6) is 0. The first kappa shape index (κ1) is 20.2. The largest absolute Gasteiger partial charge is 0.225 e. The molecule has 138 valence electrons. The molecule has 2 aromatic rings. The highest BCUT2D eigenvalue weighted by atomic mass is 17.2. The van der Waals surface area contributed by atoms with Crippen molar-refractivity contribution in [2.45, 2.75) is 52.7 Å². The maximum Gasteiger partial charge on any atom is 0.123 e. The van der Waals surface area contributed by atoms with Gasteiger partial charge in [-0.25, -0.2) is 9.78 Å². The van der Waals surface area contributed by atoms with Crippen molar-refractivity contribution >= 4 is 11.1 Å². The van der Waals surface area contributed by atoms with Gasteiger partial charge in [0.1, 0.15) is 11.2 Å². The van der Waals surface area contributed by atoms with E-state index < -0.39 is 11.2 Å². The van der Waals surface area contributed by atoms with Gasteiger partial charge in [-0.2, -0.15) is 0 Å². The van der Waals surface area contributed by atoms with Crippen molar-refractivity contribution in [1.29, 1.82) is 0 Å². The minimum atomic E-state index is -0.589. The molecular formula is C24H30O2. The fraction of sp³-hybridized carbons (Fsp3) is 0.333. The minimum Gasteiger partial charge on any atom is -0.225 e. The summed E-state index contributed by atoms with van der Waals surface area (Å²) in [5.41, 5.74) is 5.18. The Morgan fingerprint density at radius 3 is 1.35 bits per heavy atom. The maximum absolute atomic E-state index is 5.92. The van der Waals surface area contributed by atoms with Crippen LogP contribution in [0.25, 0.3) is 11.1 Å². The number of hydrogen-bond acceptors (Lipinski definition) is 2. The summed E-state index contributed by atoms with van der Waals surface area (Å²) in [5, 5.41) is 0. The summed E-state index contributed by atoms with van der Waals surface area (Å²) in [7, 11) is 0. The first-order chi connectivity index (χ1) is 12.0. The van der Waals surface area contributed by atoms with Crippen molar-refractivity contribution in [3.05, 3.63) is 83.9 Å². The molecule has 0 atom stereocenters. The minimum absolute atomic E-state index is 0.589. The molecule has 2 heteroatoms. The van der Waals surface area contributed by atoms with Crippen molar-refractivity contribution in [2.24, 2.45) is 0 Å². The predicted octanol–water partition coefficient (Wildman–Crippen LogP) is 6.87. The van der Waals surface area contributed by atoms with E-state index in [1.807, 2.05) is 65.8 Å².